The number of rotatable bonds is 5. The minimum atomic E-state index is -3.50. The van der Waals surface area contributed by atoms with Gasteiger partial charge in [-0.2, -0.15) is 0 Å². The SMILES string of the molecule is CS(=O)(=O)C[C@H](NC(=O)C1CCCc2ccccc21)C(=O)O. The molecular formula is C15H19NO5S. The molecule has 1 amide bonds. The van der Waals surface area contributed by atoms with Crippen LogP contribution in [0.15, 0.2) is 24.3 Å². The number of nitrogens with one attached hydrogen (secondary N) is 1. The largest absolute Gasteiger partial charge is 0.480 e. The van der Waals surface area contributed by atoms with E-state index >= 15 is 0 Å². The minimum Gasteiger partial charge on any atom is -0.480 e. The fraction of sp³-hybridized carbons (Fsp3) is 0.467. The topological polar surface area (TPSA) is 101 Å². The van der Waals surface area contributed by atoms with Crippen LogP contribution in [0.3, 0.4) is 0 Å². The van der Waals surface area contributed by atoms with Crippen molar-refractivity contribution in [1.82, 2.24) is 5.32 Å². The van der Waals surface area contributed by atoms with E-state index in [1.807, 2.05) is 24.3 Å². The highest BCUT2D eigenvalue weighted by Gasteiger charge is 2.31. The summed E-state index contributed by atoms with van der Waals surface area (Å²) in [5, 5.41) is 11.5. The van der Waals surface area contributed by atoms with Gasteiger partial charge in [0, 0.05) is 6.26 Å². The quantitative estimate of drug-likeness (QED) is 0.831. The molecule has 1 aliphatic carbocycles. The van der Waals surface area contributed by atoms with Crippen LogP contribution in [0.2, 0.25) is 0 Å². The number of carbonyl (C=O) groups excluding carboxylic acids is 1. The predicted octanol–water partition coefficient (Wildman–Crippen LogP) is 0.720. The number of aliphatic carboxylic acids is 1. The summed E-state index contributed by atoms with van der Waals surface area (Å²) in [6, 6.07) is 6.15. The molecule has 0 radical (unpaired) electrons. The van der Waals surface area contributed by atoms with Gasteiger partial charge in [0.05, 0.1) is 11.7 Å². The fourth-order valence-corrected chi connectivity index (χ4v) is 3.61. The highest BCUT2D eigenvalue weighted by molar-refractivity contribution is 7.90. The Balaban J connectivity index is 2.16. The Kier molecular flexibility index (Phi) is 4.85. The number of sulfone groups is 1. The van der Waals surface area contributed by atoms with Crippen LogP contribution >= 0.6 is 0 Å². The summed E-state index contributed by atoms with van der Waals surface area (Å²) in [5.41, 5.74) is 1.98. The van der Waals surface area contributed by atoms with Crippen molar-refractivity contribution in [3.8, 4) is 0 Å². The van der Waals surface area contributed by atoms with Crippen molar-refractivity contribution in [3.05, 3.63) is 35.4 Å². The standard InChI is InChI=1S/C15H19NO5S/c1-22(20,21)9-13(15(18)19)16-14(17)12-8-4-6-10-5-2-3-7-11(10)12/h2-3,5,7,12-13H,4,6,8-9H2,1H3,(H,16,17)(H,18,19)/t12?,13-/m0/s1. The summed E-state index contributed by atoms with van der Waals surface area (Å²) in [5.74, 6) is -2.81. The Morgan fingerprint density at radius 1 is 1.36 bits per heavy atom. The average molecular weight is 325 g/mol. The molecule has 6 nitrogen and oxygen atoms in total. The molecule has 0 saturated carbocycles. The Labute approximate surface area is 129 Å². The molecule has 2 N–H and O–H groups in total. The lowest BCUT2D eigenvalue weighted by Gasteiger charge is -2.26. The van der Waals surface area contributed by atoms with Crippen molar-refractivity contribution in [2.75, 3.05) is 12.0 Å². The Bertz CT molecular complexity index is 683. The van der Waals surface area contributed by atoms with Crippen molar-refractivity contribution in [3.63, 3.8) is 0 Å². The second kappa shape index (κ2) is 6.48. The molecule has 0 spiro atoms. The van der Waals surface area contributed by atoms with Crippen molar-refractivity contribution in [1.29, 1.82) is 0 Å². The van der Waals surface area contributed by atoms with Gasteiger partial charge < -0.3 is 10.4 Å². The molecule has 0 aliphatic heterocycles. The Hall–Kier alpha value is -1.89. The van der Waals surface area contributed by atoms with Crippen molar-refractivity contribution >= 4 is 21.7 Å². The molecule has 2 rings (SSSR count). The smallest absolute Gasteiger partial charge is 0.327 e. The summed E-state index contributed by atoms with van der Waals surface area (Å²) < 4.78 is 22.6. The number of benzene rings is 1. The van der Waals surface area contributed by atoms with Gasteiger partial charge in [0.1, 0.15) is 15.9 Å². The molecule has 1 aromatic carbocycles. The molecular weight excluding hydrogens is 306 g/mol. The summed E-state index contributed by atoms with van der Waals surface area (Å²) in [6.45, 7) is 0. The van der Waals surface area contributed by atoms with Gasteiger partial charge in [-0.05, 0) is 30.4 Å². The zero-order chi connectivity index (χ0) is 16.3. The lowest BCUT2D eigenvalue weighted by atomic mass is 9.82. The van der Waals surface area contributed by atoms with Crippen LogP contribution in [-0.2, 0) is 25.8 Å². The summed E-state index contributed by atoms with van der Waals surface area (Å²) in [6.07, 6.45) is 3.32. The fourth-order valence-electron chi connectivity index (χ4n) is 2.78. The number of carbonyl (C=O) groups is 2. The van der Waals surface area contributed by atoms with E-state index in [0.717, 1.165) is 30.2 Å². The van der Waals surface area contributed by atoms with E-state index in [-0.39, 0.29) is 0 Å². The highest BCUT2D eigenvalue weighted by Crippen LogP contribution is 2.31. The summed E-state index contributed by atoms with van der Waals surface area (Å²) in [4.78, 5) is 23.6. The zero-order valence-corrected chi connectivity index (χ0v) is 13.1. The van der Waals surface area contributed by atoms with Gasteiger partial charge in [-0.25, -0.2) is 13.2 Å². The first-order valence-electron chi connectivity index (χ1n) is 7.06. The van der Waals surface area contributed by atoms with E-state index in [0.29, 0.717) is 6.42 Å². The van der Waals surface area contributed by atoms with Gasteiger partial charge in [0.2, 0.25) is 5.91 Å². The second-order valence-electron chi connectivity index (χ2n) is 5.64. The Morgan fingerprint density at radius 3 is 2.68 bits per heavy atom. The van der Waals surface area contributed by atoms with E-state index in [4.69, 9.17) is 5.11 Å². The number of hydrogen-bond donors (Lipinski definition) is 2. The zero-order valence-electron chi connectivity index (χ0n) is 12.3. The molecule has 120 valence electrons. The highest BCUT2D eigenvalue weighted by atomic mass is 32.2. The number of amides is 1. The summed E-state index contributed by atoms with van der Waals surface area (Å²) >= 11 is 0. The first kappa shape index (κ1) is 16.5. The Morgan fingerprint density at radius 2 is 2.05 bits per heavy atom. The number of carboxylic acids is 1. The lowest BCUT2D eigenvalue weighted by Crippen LogP contribution is -2.47. The molecule has 22 heavy (non-hydrogen) atoms. The molecule has 7 heteroatoms. The molecule has 0 aromatic heterocycles. The van der Waals surface area contributed by atoms with E-state index in [1.165, 1.54) is 0 Å². The minimum absolute atomic E-state index is 0.425. The lowest BCUT2D eigenvalue weighted by molar-refractivity contribution is -0.141. The molecule has 0 saturated heterocycles. The number of fused-ring (bicyclic) bond motifs is 1. The number of hydrogen-bond acceptors (Lipinski definition) is 4. The van der Waals surface area contributed by atoms with Gasteiger partial charge in [0.15, 0.2) is 0 Å². The van der Waals surface area contributed by atoms with E-state index < -0.39 is 39.4 Å². The molecule has 1 aliphatic rings. The van der Waals surface area contributed by atoms with Crippen LogP contribution in [0.25, 0.3) is 0 Å². The van der Waals surface area contributed by atoms with Crippen molar-refractivity contribution in [2.24, 2.45) is 0 Å². The van der Waals surface area contributed by atoms with Crippen molar-refractivity contribution < 1.29 is 23.1 Å². The van der Waals surface area contributed by atoms with Crippen LogP contribution in [-0.4, -0.2) is 43.5 Å². The predicted molar refractivity (Wildman–Crippen MR) is 81.4 cm³/mol. The van der Waals surface area contributed by atoms with Gasteiger partial charge >= 0.3 is 5.97 Å². The average Bonchev–Trinajstić information content (AvgIpc) is 2.44. The first-order chi connectivity index (χ1) is 10.3. The van der Waals surface area contributed by atoms with Gasteiger partial charge in [0.25, 0.3) is 0 Å². The molecule has 1 aromatic rings. The van der Waals surface area contributed by atoms with E-state index in [2.05, 4.69) is 5.32 Å². The number of carboxylic acid groups (broad SMARTS) is 1. The molecule has 2 atom stereocenters. The third kappa shape index (κ3) is 4.07. The normalized spacial score (nSPS) is 19.0. The van der Waals surface area contributed by atoms with Crippen LogP contribution in [0, 0.1) is 0 Å². The maximum Gasteiger partial charge on any atom is 0.327 e. The number of aryl methyl sites for hydroxylation is 1. The van der Waals surface area contributed by atoms with Gasteiger partial charge in [-0.1, -0.05) is 24.3 Å². The van der Waals surface area contributed by atoms with Crippen molar-refractivity contribution in [2.45, 2.75) is 31.2 Å². The molecule has 0 bridgehead atoms. The van der Waals surface area contributed by atoms with E-state index in [1.54, 1.807) is 0 Å². The molecule has 1 unspecified atom stereocenters. The van der Waals surface area contributed by atoms with Gasteiger partial charge in [-0.3, -0.25) is 4.79 Å². The summed E-state index contributed by atoms with van der Waals surface area (Å²) in [7, 11) is -3.50. The first-order valence-corrected chi connectivity index (χ1v) is 9.12. The van der Waals surface area contributed by atoms with Gasteiger partial charge in [-0.15, -0.1) is 0 Å². The van der Waals surface area contributed by atoms with Crippen LogP contribution < -0.4 is 5.32 Å². The second-order valence-corrected chi connectivity index (χ2v) is 7.82. The molecule has 0 heterocycles. The maximum atomic E-state index is 12.4. The monoisotopic (exact) mass is 325 g/mol. The van der Waals surface area contributed by atoms with Crippen LogP contribution in [0.4, 0.5) is 0 Å². The third-order valence-corrected chi connectivity index (χ3v) is 4.71. The van der Waals surface area contributed by atoms with E-state index in [9.17, 15) is 18.0 Å². The molecule has 0 fully saturated rings. The van der Waals surface area contributed by atoms with Crippen LogP contribution in [0.5, 0.6) is 0 Å². The van der Waals surface area contributed by atoms with Crippen LogP contribution in [0.1, 0.15) is 29.9 Å². The maximum absolute atomic E-state index is 12.4. The third-order valence-electron chi connectivity index (χ3n) is 3.77.